The van der Waals surface area contributed by atoms with Gasteiger partial charge in [0.2, 0.25) is 11.8 Å². The van der Waals surface area contributed by atoms with Crippen molar-refractivity contribution < 1.29 is 14.4 Å². The van der Waals surface area contributed by atoms with Gasteiger partial charge in [0.25, 0.3) is 0 Å². The number of unbranched alkanes of at least 4 members (excludes halogenated alkanes) is 1. The first kappa shape index (κ1) is 24.6. The lowest BCUT2D eigenvalue weighted by Gasteiger charge is -2.41. The molecule has 162 valence electrons. The predicted molar refractivity (Wildman–Crippen MR) is 113 cm³/mol. The van der Waals surface area contributed by atoms with Gasteiger partial charge in [-0.25, -0.2) is 0 Å². The molecule has 0 aromatic rings. The van der Waals surface area contributed by atoms with Crippen LogP contribution in [0.5, 0.6) is 0 Å². The molecule has 4 N–H and O–H groups in total. The Morgan fingerprint density at radius 3 is 2.29 bits per heavy atom. The molecule has 6 heteroatoms. The van der Waals surface area contributed by atoms with Crippen molar-refractivity contribution in [1.29, 1.82) is 0 Å². The quantitative estimate of drug-likeness (QED) is 0.468. The van der Waals surface area contributed by atoms with Crippen LogP contribution in [0.15, 0.2) is 0 Å². The van der Waals surface area contributed by atoms with Crippen LogP contribution in [0, 0.1) is 23.2 Å². The summed E-state index contributed by atoms with van der Waals surface area (Å²) in [5.74, 6) is 0.895. The molecule has 1 unspecified atom stereocenters. The molecule has 0 bridgehead atoms. The van der Waals surface area contributed by atoms with E-state index in [9.17, 15) is 14.4 Å². The van der Waals surface area contributed by atoms with E-state index in [1.165, 1.54) is 0 Å². The Labute approximate surface area is 170 Å². The summed E-state index contributed by atoms with van der Waals surface area (Å²) in [6, 6.07) is -1.15. The van der Waals surface area contributed by atoms with E-state index >= 15 is 0 Å². The fourth-order valence-corrected chi connectivity index (χ4v) is 3.84. The molecule has 0 aliphatic heterocycles. The molecule has 0 aromatic heterocycles. The molecule has 1 saturated carbocycles. The number of ketones is 1. The van der Waals surface area contributed by atoms with Gasteiger partial charge in [-0.2, -0.15) is 0 Å². The summed E-state index contributed by atoms with van der Waals surface area (Å²) < 4.78 is 0. The van der Waals surface area contributed by atoms with Crippen molar-refractivity contribution >= 4 is 17.6 Å². The normalized spacial score (nSPS) is 22.5. The third-order valence-corrected chi connectivity index (χ3v) is 6.01. The van der Waals surface area contributed by atoms with Crippen molar-refractivity contribution in [3.63, 3.8) is 0 Å². The summed E-state index contributed by atoms with van der Waals surface area (Å²) in [5.41, 5.74) is 5.68. The molecular weight excluding hydrogens is 354 g/mol. The van der Waals surface area contributed by atoms with Crippen molar-refractivity contribution in [1.82, 2.24) is 10.6 Å². The topological polar surface area (TPSA) is 101 Å². The number of nitrogens with one attached hydrogen (secondary N) is 2. The summed E-state index contributed by atoms with van der Waals surface area (Å²) in [7, 11) is 0. The lowest BCUT2D eigenvalue weighted by Crippen LogP contribution is -2.53. The Morgan fingerprint density at radius 1 is 1.14 bits per heavy atom. The molecule has 2 amide bonds. The van der Waals surface area contributed by atoms with E-state index in [1.807, 2.05) is 27.7 Å². The zero-order valence-electron chi connectivity index (χ0n) is 18.6. The Hall–Kier alpha value is -1.43. The maximum Gasteiger partial charge on any atom is 0.237 e. The maximum absolute atomic E-state index is 12.5. The number of amides is 2. The highest BCUT2D eigenvalue weighted by atomic mass is 16.2. The van der Waals surface area contributed by atoms with Crippen LogP contribution in [0.4, 0.5) is 0 Å². The zero-order valence-corrected chi connectivity index (χ0v) is 18.6. The standard InChI is InChI=1S/C22H41N3O3/c1-7-8-11-24-18(26)10-9-16-12-17(13-16)14(2)19(23)21(28)25-15(3)20(27)22(4,5)6/h14-17,19H,7-13,23H2,1-6H3,(H,24,26)(H,25,28)/t14-,15+,16?,17?,19?/m1/s1. The van der Waals surface area contributed by atoms with Crippen LogP contribution < -0.4 is 16.4 Å². The van der Waals surface area contributed by atoms with Crippen LogP contribution in [-0.2, 0) is 14.4 Å². The van der Waals surface area contributed by atoms with Crippen LogP contribution in [0.1, 0.15) is 80.1 Å². The van der Waals surface area contributed by atoms with E-state index in [0.717, 1.165) is 38.6 Å². The number of Topliss-reactive ketones (excluding diaryl/α,β-unsaturated/α-hetero) is 1. The van der Waals surface area contributed by atoms with Gasteiger partial charge >= 0.3 is 0 Å². The average Bonchev–Trinajstić information content (AvgIpc) is 2.57. The maximum atomic E-state index is 12.5. The van der Waals surface area contributed by atoms with Gasteiger partial charge in [-0.15, -0.1) is 0 Å². The Bertz CT molecular complexity index is 536. The second-order valence-electron chi connectivity index (χ2n) is 9.57. The highest BCUT2D eigenvalue weighted by Gasteiger charge is 2.38. The van der Waals surface area contributed by atoms with Crippen LogP contribution >= 0.6 is 0 Å². The van der Waals surface area contributed by atoms with Crippen LogP contribution in [-0.4, -0.2) is 36.2 Å². The number of hydrogen-bond donors (Lipinski definition) is 3. The van der Waals surface area contributed by atoms with Gasteiger partial charge in [-0.1, -0.05) is 41.0 Å². The zero-order chi connectivity index (χ0) is 21.5. The summed E-state index contributed by atoms with van der Waals surface area (Å²) in [6.07, 6.45) is 5.62. The van der Waals surface area contributed by atoms with Crippen LogP contribution in [0.2, 0.25) is 0 Å². The number of hydrogen-bond acceptors (Lipinski definition) is 4. The third-order valence-electron chi connectivity index (χ3n) is 6.01. The molecular formula is C22H41N3O3. The van der Waals surface area contributed by atoms with Gasteiger partial charge in [0.05, 0.1) is 12.1 Å². The number of nitrogens with two attached hydrogens (primary N) is 1. The monoisotopic (exact) mass is 395 g/mol. The van der Waals surface area contributed by atoms with Gasteiger partial charge < -0.3 is 16.4 Å². The predicted octanol–water partition coefficient (Wildman–Crippen LogP) is 2.79. The van der Waals surface area contributed by atoms with E-state index in [4.69, 9.17) is 5.73 Å². The van der Waals surface area contributed by atoms with Gasteiger partial charge in [0.1, 0.15) is 0 Å². The second kappa shape index (κ2) is 10.9. The smallest absolute Gasteiger partial charge is 0.237 e. The molecule has 1 fully saturated rings. The molecule has 3 atom stereocenters. The Balaban J connectivity index is 2.33. The molecule has 0 saturated heterocycles. The fraction of sp³-hybridized carbons (Fsp3) is 0.864. The first-order chi connectivity index (χ1) is 13.0. The van der Waals surface area contributed by atoms with Gasteiger partial charge in [-0.3, -0.25) is 14.4 Å². The second-order valence-corrected chi connectivity index (χ2v) is 9.57. The van der Waals surface area contributed by atoms with Crippen molar-refractivity contribution in [2.45, 2.75) is 92.2 Å². The molecule has 1 aliphatic rings. The highest BCUT2D eigenvalue weighted by Crippen LogP contribution is 2.42. The largest absolute Gasteiger partial charge is 0.356 e. The lowest BCUT2D eigenvalue weighted by molar-refractivity contribution is -0.133. The Morgan fingerprint density at radius 2 is 1.75 bits per heavy atom. The molecule has 0 radical (unpaired) electrons. The number of carbonyl (C=O) groups excluding carboxylic acids is 3. The summed E-state index contributed by atoms with van der Waals surface area (Å²) in [4.78, 5) is 36.5. The minimum atomic E-state index is -0.612. The summed E-state index contributed by atoms with van der Waals surface area (Å²) in [6.45, 7) is 12.1. The van der Waals surface area contributed by atoms with E-state index in [2.05, 4.69) is 17.6 Å². The highest BCUT2D eigenvalue weighted by molar-refractivity contribution is 5.93. The van der Waals surface area contributed by atoms with Crippen molar-refractivity contribution in [2.75, 3.05) is 6.54 Å². The minimum Gasteiger partial charge on any atom is -0.356 e. The minimum absolute atomic E-state index is 0.00150. The molecule has 1 aliphatic carbocycles. The molecule has 6 nitrogen and oxygen atoms in total. The molecule has 1 rings (SSSR count). The van der Waals surface area contributed by atoms with E-state index in [1.54, 1.807) is 6.92 Å². The SMILES string of the molecule is CCCCNC(=O)CCC1CC([C@@H](C)C(N)C(=O)N[C@@H](C)C(=O)C(C)(C)C)C1. The average molecular weight is 396 g/mol. The first-order valence-corrected chi connectivity index (χ1v) is 10.8. The van der Waals surface area contributed by atoms with Gasteiger partial charge in [0, 0.05) is 18.4 Å². The fourth-order valence-electron chi connectivity index (χ4n) is 3.84. The molecule has 0 heterocycles. The first-order valence-electron chi connectivity index (χ1n) is 10.8. The van der Waals surface area contributed by atoms with Crippen LogP contribution in [0.3, 0.4) is 0 Å². The van der Waals surface area contributed by atoms with Gasteiger partial charge in [-0.05, 0) is 50.4 Å². The van der Waals surface area contributed by atoms with Crippen molar-refractivity contribution in [3.8, 4) is 0 Å². The van der Waals surface area contributed by atoms with Crippen LogP contribution in [0.25, 0.3) is 0 Å². The van der Waals surface area contributed by atoms with Crippen molar-refractivity contribution in [3.05, 3.63) is 0 Å². The lowest BCUT2D eigenvalue weighted by atomic mass is 9.66. The Kier molecular flexibility index (Phi) is 9.61. The van der Waals surface area contributed by atoms with E-state index in [0.29, 0.717) is 18.3 Å². The number of carbonyl (C=O) groups is 3. The van der Waals surface area contributed by atoms with Gasteiger partial charge in [0.15, 0.2) is 5.78 Å². The molecule has 28 heavy (non-hydrogen) atoms. The summed E-state index contributed by atoms with van der Waals surface area (Å²) >= 11 is 0. The number of rotatable bonds is 11. The van der Waals surface area contributed by atoms with E-state index in [-0.39, 0.29) is 23.5 Å². The van der Waals surface area contributed by atoms with E-state index < -0.39 is 17.5 Å². The third kappa shape index (κ3) is 7.53. The summed E-state index contributed by atoms with van der Waals surface area (Å²) in [5, 5.41) is 5.73. The molecule has 0 aromatic carbocycles. The molecule has 0 spiro atoms. The van der Waals surface area contributed by atoms with Crippen molar-refractivity contribution in [2.24, 2.45) is 28.9 Å².